The zero-order valence-corrected chi connectivity index (χ0v) is 14.8. The molecule has 1 amide bonds. The monoisotopic (exact) mass is 378 g/mol. The Morgan fingerprint density at radius 2 is 1.67 bits per heavy atom. The van der Waals surface area contributed by atoms with E-state index in [1.807, 2.05) is 6.07 Å². The number of carbonyl (C=O) groups is 1. The highest BCUT2D eigenvalue weighted by atomic mass is 19.4. The predicted molar refractivity (Wildman–Crippen MR) is 95.2 cm³/mol. The van der Waals surface area contributed by atoms with Crippen molar-refractivity contribution < 1.29 is 18.0 Å². The van der Waals surface area contributed by atoms with Gasteiger partial charge in [0.2, 0.25) is 11.5 Å². The maximum Gasteiger partial charge on any atom is 0.416 e. The van der Waals surface area contributed by atoms with Crippen molar-refractivity contribution in [1.82, 2.24) is 9.88 Å². The quantitative estimate of drug-likeness (QED) is 0.886. The molecule has 2 aromatic rings. The number of nitrogens with one attached hydrogen (secondary N) is 1. The number of benzene rings is 1. The number of aromatic nitrogens is 1. The molecule has 7 heteroatoms. The van der Waals surface area contributed by atoms with E-state index in [0.717, 1.165) is 37.0 Å². The SMILES string of the molecule is O=C(Cc1ccc(C(F)(F)F)cc1)N1CCC(Cc2ccc(=O)[nH]c2)CC1. The van der Waals surface area contributed by atoms with E-state index >= 15 is 0 Å². The summed E-state index contributed by atoms with van der Waals surface area (Å²) in [5.74, 6) is 0.392. The molecule has 0 bridgehead atoms. The molecule has 2 heterocycles. The topological polar surface area (TPSA) is 53.2 Å². The third-order valence-electron chi connectivity index (χ3n) is 4.98. The highest BCUT2D eigenvalue weighted by molar-refractivity contribution is 5.78. The molecular weight excluding hydrogens is 357 g/mol. The largest absolute Gasteiger partial charge is 0.416 e. The van der Waals surface area contributed by atoms with Crippen molar-refractivity contribution in [2.75, 3.05) is 13.1 Å². The Morgan fingerprint density at radius 3 is 2.22 bits per heavy atom. The maximum absolute atomic E-state index is 12.6. The molecule has 1 aromatic heterocycles. The van der Waals surface area contributed by atoms with Crippen LogP contribution in [-0.4, -0.2) is 28.9 Å². The van der Waals surface area contributed by atoms with Crippen LogP contribution in [-0.2, 0) is 23.8 Å². The minimum Gasteiger partial charge on any atom is -0.342 e. The number of rotatable bonds is 4. The molecular formula is C20H21F3N2O2. The number of alkyl halides is 3. The van der Waals surface area contributed by atoms with Crippen LogP contribution in [0.3, 0.4) is 0 Å². The molecule has 4 nitrogen and oxygen atoms in total. The molecule has 0 unspecified atom stereocenters. The average molecular weight is 378 g/mol. The Hall–Kier alpha value is -2.57. The van der Waals surface area contributed by atoms with Gasteiger partial charge in [-0.1, -0.05) is 18.2 Å². The van der Waals surface area contributed by atoms with Crippen LogP contribution in [0.25, 0.3) is 0 Å². The highest BCUT2D eigenvalue weighted by Crippen LogP contribution is 2.29. The summed E-state index contributed by atoms with van der Waals surface area (Å²) in [7, 11) is 0. The van der Waals surface area contributed by atoms with Crippen LogP contribution in [0.5, 0.6) is 0 Å². The lowest BCUT2D eigenvalue weighted by Crippen LogP contribution is -2.39. The zero-order valence-electron chi connectivity index (χ0n) is 14.8. The lowest BCUT2D eigenvalue weighted by atomic mass is 9.90. The van der Waals surface area contributed by atoms with E-state index in [0.29, 0.717) is 24.6 Å². The van der Waals surface area contributed by atoms with Gasteiger partial charge in [0.05, 0.1) is 12.0 Å². The zero-order chi connectivity index (χ0) is 19.4. The van der Waals surface area contributed by atoms with Gasteiger partial charge in [0.15, 0.2) is 0 Å². The van der Waals surface area contributed by atoms with Crippen molar-refractivity contribution >= 4 is 5.91 Å². The molecule has 1 saturated heterocycles. The summed E-state index contributed by atoms with van der Waals surface area (Å²) in [4.78, 5) is 28.0. The van der Waals surface area contributed by atoms with Crippen molar-refractivity contribution in [3.05, 3.63) is 69.6 Å². The first-order chi connectivity index (χ1) is 12.8. The summed E-state index contributed by atoms with van der Waals surface area (Å²) in [5.41, 5.74) is 0.830. The van der Waals surface area contributed by atoms with Gasteiger partial charge < -0.3 is 9.88 Å². The van der Waals surface area contributed by atoms with Crippen molar-refractivity contribution in [3.63, 3.8) is 0 Å². The summed E-state index contributed by atoms with van der Waals surface area (Å²) in [6.45, 7) is 1.29. The second-order valence-corrected chi connectivity index (χ2v) is 6.96. The number of nitrogens with zero attached hydrogens (tertiary/aromatic N) is 1. The van der Waals surface area contributed by atoms with Crippen LogP contribution in [0.1, 0.15) is 29.5 Å². The van der Waals surface area contributed by atoms with Crippen molar-refractivity contribution in [3.8, 4) is 0 Å². The molecule has 0 saturated carbocycles. The number of aromatic amines is 1. The second kappa shape index (κ2) is 7.98. The lowest BCUT2D eigenvalue weighted by Gasteiger charge is -2.32. The third-order valence-corrected chi connectivity index (χ3v) is 4.98. The van der Waals surface area contributed by atoms with Gasteiger partial charge in [-0.3, -0.25) is 9.59 Å². The summed E-state index contributed by atoms with van der Waals surface area (Å²) in [5, 5.41) is 0. The Balaban J connectivity index is 1.49. The van der Waals surface area contributed by atoms with E-state index in [4.69, 9.17) is 0 Å². The molecule has 0 aliphatic carbocycles. The molecule has 0 spiro atoms. The van der Waals surface area contributed by atoms with Crippen molar-refractivity contribution in [1.29, 1.82) is 0 Å². The highest BCUT2D eigenvalue weighted by Gasteiger charge is 2.30. The third kappa shape index (κ3) is 5.21. The molecule has 0 atom stereocenters. The van der Waals surface area contributed by atoms with Crippen LogP contribution < -0.4 is 5.56 Å². The van der Waals surface area contributed by atoms with Crippen molar-refractivity contribution in [2.24, 2.45) is 5.92 Å². The first kappa shape index (κ1) is 19.2. The van der Waals surface area contributed by atoms with E-state index in [1.54, 1.807) is 11.1 Å². The fourth-order valence-electron chi connectivity index (χ4n) is 3.39. The Morgan fingerprint density at radius 1 is 1.04 bits per heavy atom. The molecule has 1 N–H and O–H groups in total. The van der Waals surface area contributed by atoms with Crippen LogP contribution >= 0.6 is 0 Å². The Labute approximate surface area is 155 Å². The van der Waals surface area contributed by atoms with E-state index in [-0.39, 0.29) is 17.9 Å². The Bertz CT molecular complexity index is 815. The standard InChI is InChI=1S/C20H21F3N2O2/c21-20(22,23)17-4-1-14(2-5-17)12-19(27)25-9-7-15(8-10-25)11-16-3-6-18(26)24-13-16/h1-6,13,15H,7-12H2,(H,24,26). The maximum atomic E-state index is 12.6. The first-order valence-electron chi connectivity index (χ1n) is 8.93. The summed E-state index contributed by atoms with van der Waals surface area (Å²) in [6, 6.07) is 8.09. The second-order valence-electron chi connectivity index (χ2n) is 6.96. The van der Waals surface area contributed by atoms with Crippen LogP contribution in [0.15, 0.2) is 47.4 Å². The van der Waals surface area contributed by atoms with E-state index in [9.17, 15) is 22.8 Å². The predicted octanol–water partition coefficient (Wildman–Crippen LogP) is 3.42. The van der Waals surface area contributed by atoms with E-state index in [1.165, 1.54) is 18.2 Å². The number of pyridine rings is 1. The van der Waals surface area contributed by atoms with Gasteiger partial charge in [-0.2, -0.15) is 13.2 Å². The van der Waals surface area contributed by atoms with Gasteiger partial charge in [-0.15, -0.1) is 0 Å². The number of amides is 1. The molecule has 1 aromatic carbocycles. The smallest absolute Gasteiger partial charge is 0.342 e. The molecule has 1 aliphatic heterocycles. The molecule has 1 fully saturated rings. The van der Waals surface area contributed by atoms with Gasteiger partial charge in [-0.05, 0) is 48.4 Å². The summed E-state index contributed by atoms with van der Waals surface area (Å²) < 4.78 is 37.8. The number of likely N-dealkylation sites (tertiary alicyclic amines) is 1. The van der Waals surface area contributed by atoms with E-state index < -0.39 is 11.7 Å². The number of hydrogen-bond acceptors (Lipinski definition) is 2. The average Bonchev–Trinajstić information content (AvgIpc) is 2.64. The molecule has 0 radical (unpaired) electrons. The van der Waals surface area contributed by atoms with Gasteiger partial charge in [-0.25, -0.2) is 0 Å². The summed E-state index contributed by atoms with van der Waals surface area (Å²) in [6.07, 6.45) is 0.0802. The molecule has 27 heavy (non-hydrogen) atoms. The summed E-state index contributed by atoms with van der Waals surface area (Å²) >= 11 is 0. The number of halogens is 3. The number of H-pyrrole nitrogens is 1. The van der Waals surface area contributed by atoms with Gasteiger partial charge in [0, 0.05) is 25.4 Å². The van der Waals surface area contributed by atoms with Crippen LogP contribution in [0.2, 0.25) is 0 Å². The van der Waals surface area contributed by atoms with Gasteiger partial charge in [0.25, 0.3) is 0 Å². The first-order valence-corrected chi connectivity index (χ1v) is 8.93. The molecule has 144 valence electrons. The molecule has 1 aliphatic rings. The Kier molecular flexibility index (Phi) is 5.68. The minimum absolute atomic E-state index is 0.0581. The fraction of sp³-hybridized carbons (Fsp3) is 0.400. The van der Waals surface area contributed by atoms with E-state index in [2.05, 4.69) is 4.98 Å². The van der Waals surface area contributed by atoms with Crippen LogP contribution in [0.4, 0.5) is 13.2 Å². The van der Waals surface area contributed by atoms with Gasteiger partial charge >= 0.3 is 6.18 Å². The van der Waals surface area contributed by atoms with Gasteiger partial charge in [0.1, 0.15) is 0 Å². The van der Waals surface area contributed by atoms with Crippen molar-refractivity contribution in [2.45, 2.75) is 31.9 Å². The lowest BCUT2D eigenvalue weighted by molar-refractivity contribution is -0.137. The normalized spacial score (nSPS) is 15.7. The molecule has 3 rings (SSSR count). The number of hydrogen-bond donors (Lipinski definition) is 1. The number of carbonyl (C=O) groups excluding carboxylic acids is 1. The fourth-order valence-corrected chi connectivity index (χ4v) is 3.39. The van der Waals surface area contributed by atoms with Crippen LogP contribution in [0, 0.1) is 5.92 Å². The minimum atomic E-state index is -4.36. The number of piperidine rings is 1.